The van der Waals surface area contributed by atoms with Crippen LogP contribution < -0.4 is 0 Å². The zero-order valence-electron chi connectivity index (χ0n) is 15.1. The fraction of sp³-hybridized carbons (Fsp3) is 0.368. The van der Waals surface area contributed by atoms with Gasteiger partial charge in [0.05, 0.1) is 19.1 Å². The average molecular weight is 486 g/mol. The van der Waals surface area contributed by atoms with E-state index in [9.17, 15) is 18.0 Å². The Bertz CT molecular complexity index is 945. The first-order chi connectivity index (χ1) is 13.4. The molecule has 0 amide bonds. The van der Waals surface area contributed by atoms with Crippen molar-refractivity contribution >= 4 is 49.0 Å². The average Bonchev–Trinajstić information content (AvgIpc) is 2.94. The number of hydrogen-bond acceptors (Lipinski definition) is 6. The first-order valence-corrected chi connectivity index (χ1v) is 12.0. The number of carbonyl (C=O) groups excluding carboxylic acids is 2. The van der Waals surface area contributed by atoms with E-state index in [2.05, 4.69) is 15.9 Å². The number of thiophene rings is 1. The smallest absolute Gasteiger partial charge is 0.338 e. The van der Waals surface area contributed by atoms with Crippen molar-refractivity contribution in [1.29, 1.82) is 0 Å². The van der Waals surface area contributed by atoms with Gasteiger partial charge in [-0.1, -0.05) is 12.8 Å². The normalized spacial score (nSPS) is 15.8. The number of rotatable bonds is 6. The van der Waals surface area contributed by atoms with Gasteiger partial charge in [0, 0.05) is 13.1 Å². The van der Waals surface area contributed by atoms with Crippen LogP contribution in [0, 0.1) is 0 Å². The second-order valence-corrected chi connectivity index (χ2v) is 10.8. The molecule has 3 rings (SSSR count). The van der Waals surface area contributed by atoms with Gasteiger partial charge in [0.15, 0.2) is 6.61 Å². The Kier molecular flexibility index (Phi) is 7.03. The summed E-state index contributed by atoms with van der Waals surface area (Å²) in [6, 6.07) is 9.07. The molecule has 1 aromatic heterocycles. The molecule has 0 aliphatic carbocycles. The summed E-state index contributed by atoms with van der Waals surface area (Å²) in [5.41, 5.74) is 0.204. The third-order valence-electron chi connectivity index (χ3n) is 4.48. The molecule has 150 valence electrons. The van der Waals surface area contributed by atoms with Crippen LogP contribution in [-0.4, -0.2) is 44.2 Å². The molecule has 2 aromatic rings. The SMILES string of the molecule is O=C(OCC(=O)c1ccc(Br)s1)c1ccc(S(=O)(=O)N2CCCCCC2)cc1. The molecular weight excluding hydrogens is 466 g/mol. The molecule has 1 fully saturated rings. The number of halogens is 1. The molecule has 9 heteroatoms. The van der Waals surface area contributed by atoms with Crippen LogP contribution in [-0.2, 0) is 14.8 Å². The molecular formula is C19H20BrNO5S2. The maximum Gasteiger partial charge on any atom is 0.338 e. The van der Waals surface area contributed by atoms with Crippen LogP contribution in [0.15, 0.2) is 45.1 Å². The maximum atomic E-state index is 12.8. The first-order valence-electron chi connectivity index (χ1n) is 8.94. The number of sulfonamides is 1. The van der Waals surface area contributed by atoms with Crippen LogP contribution in [0.5, 0.6) is 0 Å². The second-order valence-electron chi connectivity index (χ2n) is 6.45. The minimum absolute atomic E-state index is 0.158. The van der Waals surface area contributed by atoms with E-state index in [4.69, 9.17) is 4.74 Å². The zero-order valence-corrected chi connectivity index (χ0v) is 18.3. The first kappa shape index (κ1) is 21.2. The van der Waals surface area contributed by atoms with Gasteiger partial charge in [0.2, 0.25) is 15.8 Å². The number of nitrogens with zero attached hydrogens (tertiary/aromatic N) is 1. The quantitative estimate of drug-likeness (QED) is 0.454. The Morgan fingerprint density at radius 1 is 1.00 bits per heavy atom. The Balaban J connectivity index is 1.63. The number of benzene rings is 1. The minimum Gasteiger partial charge on any atom is -0.454 e. The molecule has 0 radical (unpaired) electrons. The second kappa shape index (κ2) is 9.30. The zero-order chi connectivity index (χ0) is 20.1. The maximum absolute atomic E-state index is 12.8. The topological polar surface area (TPSA) is 80.8 Å². The van der Waals surface area contributed by atoms with E-state index in [1.54, 1.807) is 12.1 Å². The number of carbonyl (C=O) groups is 2. The van der Waals surface area contributed by atoms with E-state index in [-0.39, 0.29) is 22.8 Å². The van der Waals surface area contributed by atoms with E-state index in [0.717, 1.165) is 29.5 Å². The lowest BCUT2D eigenvalue weighted by atomic mass is 10.2. The molecule has 0 unspecified atom stereocenters. The minimum atomic E-state index is -3.56. The van der Waals surface area contributed by atoms with Crippen molar-refractivity contribution in [2.45, 2.75) is 30.6 Å². The van der Waals surface area contributed by atoms with Gasteiger partial charge in [0.25, 0.3) is 0 Å². The molecule has 1 aliphatic rings. The summed E-state index contributed by atoms with van der Waals surface area (Å²) in [6.45, 7) is 0.680. The Hall–Kier alpha value is -1.55. The third-order valence-corrected chi connectivity index (χ3v) is 8.05. The van der Waals surface area contributed by atoms with E-state index in [0.29, 0.717) is 18.0 Å². The van der Waals surface area contributed by atoms with Crippen molar-refractivity contribution in [2.75, 3.05) is 19.7 Å². The molecule has 0 spiro atoms. The summed E-state index contributed by atoms with van der Waals surface area (Å²) < 4.78 is 32.9. The van der Waals surface area contributed by atoms with E-state index < -0.39 is 16.0 Å². The summed E-state index contributed by atoms with van der Waals surface area (Å²) >= 11 is 4.55. The van der Waals surface area contributed by atoms with Gasteiger partial charge in [-0.25, -0.2) is 13.2 Å². The number of Topliss-reactive ketones (excluding diaryl/α,β-unsaturated/α-hetero) is 1. The van der Waals surface area contributed by atoms with E-state index in [1.165, 1.54) is 39.9 Å². The molecule has 6 nitrogen and oxygen atoms in total. The lowest BCUT2D eigenvalue weighted by molar-refractivity contribution is 0.0475. The van der Waals surface area contributed by atoms with Crippen LogP contribution in [0.25, 0.3) is 0 Å². The fourth-order valence-electron chi connectivity index (χ4n) is 2.94. The number of ketones is 1. The van der Waals surface area contributed by atoms with Crippen LogP contribution >= 0.6 is 27.3 Å². The highest BCUT2D eigenvalue weighted by Crippen LogP contribution is 2.23. The van der Waals surface area contributed by atoms with Crippen LogP contribution in [0.1, 0.15) is 45.7 Å². The largest absolute Gasteiger partial charge is 0.454 e. The molecule has 1 saturated heterocycles. The third kappa shape index (κ3) is 5.08. The van der Waals surface area contributed by atoms with Gasteiger partial charge < -0.3 is 4.74 Å². The van der Waals surface area contributed by atoms with Crippen molar-refractivity contribution in [2.24, 2.45) is 0 Å². The number of esters is 1. The number of hydrogen-bond donors (Lipinski definition) is 0. The molecule has 0 N–H and O–H groups in total. The van der Waals surface area contributed by atoms with Crippen molar-refractivity contribution < 1.29 is 22.7 Å². The lowest BCUT2D eigenvalue weighted by Crippen LogP contribution is -2.31. The highest BCUT2D eigenvalue weighted by Gasteiger charge is 2.25. The molecule has 0 bridgehead atoms. The van der Waals surface area contributed by atoms with Crippen molar-refractivity contribution in [1.82, 2.24) is 4.31 Å². The van der Waals surface area contributed by atoms with Gasteiger partial charge >= 0.3 is 5.97 Å². The molecule has 0 saturated carbocycles. The van der Waals surface area contributed by atoms with Crippen molar-refractivity contribution in [3.63, 3.8) is 0 Å². The molecule has 1 aromatic carbocycles. The van der Waals surface area contributed by atoms with Crippen LogP contribution in [0.3, 0.4) is 0 Å². The Morgan fingerprint density at radius 3 is 2.21 bits per heavy atom. The number of ether oxygens (including phenoxy) is 1. The lowest BCUT2D eigenvalue weighted by Gasteiger charge is -2.19. The van der Waals surface area contributed by atoms with Gasteiger partial charge in [-0.05, 0) is 65.2 Å². The molecule has 1 aliphatic heterocycles. The molecule has 28 heavy (non-hydrogen) atoms. The summed E-state index contributed by atoms with van der Waals surface area (Å²) in [7, 11) is -3.56. The molecule has 0 atom stereocenters. The Labute approximate surface area is 176 Å². The van der Waals surface area contributed by atoms with E-state index in [1.807, 2.05) is 0 Å². The predicted octanol–water partition coefficient (Wildman–Crippen LogP) is 4.12. The van der Waals surface area contributed by atoms with Gasteiger partial charge in [-0.3, -0.25) is 4.79 Å². The van der Waals surface area contributed by atoms with Crippen LogP contribution in [0.4, 0.5) is 0 Å². The van der Waals surface area contributed by atoms with Gasteiger partial charge in [-0.15, -0.1) is 11.3 Å². The van der Waals surface area contributed by atoms with E-state index >= 15 is 0 Å². The van der Waals surface area contributed by atoms with Crippen molar-refractivity contribution in [3.05, 3.63) is 50.6 Å². The monoisotopic (exact) mass is 485 g/mol. The predicted molar refractivity (Wildman–Crippen MR) is 110 cm³/mol. The summed E-state index contributed by atoms with van der Waals surface area (Å²) in [5, 5.41) is 0. The highest BCUT2D eigenvalue weighted by atomic mass is 79.9. The summed E-state index contributed by atoms with van der Waals surface area (Å²) in [4.78, 5) is 24.8. The fourth-order valence-corrected chi connectivity index (χ4v) is 5.77. The highest BCUT2D eigenvalue weighted by molar-refractivity contribution is 9.11. The summed E-state index contributed by atoms with van der Waals surface area (Å²) in [5.74, 6) is -0.952. The van der Waals surface area contributed by atoms with Crippen molar-refractivity contribution in [3.8, 4) is 0 Å². The van der Waals surface area contributed by atoms with Crippen LogP contribution in [0.2, 0.25) is 0 Å². The molecule has 2 heterocycles. The van der Waals surface area contributed by atoms with Gasteiger partial charge in [0.1, 0.15) is 0 Å². The summed E-state index contributed by atoms with van der Waals surface area (Å²) in [6.07, 6.45) is 3.80. The van der Waals surface area contributed by atoms with Gasteiger partial charge in [-0.2, -0.15) is 4.31 Å². The Morgan fingerprint density at radius 2 is 1.64 bits per heavy atom. The standard InChI is InChI=1S/C19H20BrNO5S2/c20-18-10-9-17(27-18)16(22)13-26-19(23)14-5-7-15(8-6-14)28(24,25)21-11-3-1-2-4-12-21/h5-10H,1-4,11-13H2.